The quantitative estimate of drug-likeness (QED) is 0.471. The van der Waals surface area contributed by atoms with E-state index in [-0.39, 0.29) is 0 Å². The highest BCUT2D eigenvalue weighted by molar-refractivity contribution is 7.12. The van der Waals surface area contributed by atoms with E-state index in [9.17, 15) is 0 Å². The van der Waals surface area contributed by atoms with Gasteiger partial charge in [-0.15, -0.1) is 11.3 Å². The first kappa shape index (κ1) is 19.9. The van der Waals surface area contributed by atoms with E-state index in [1.165, 1.54) is 5.56 Å². The lowest BCUT2D eigenvalue weighted by atomic mass is 10.0. The van der Waals surface area contributed by atoms with Crippen LogP contribution in [-0.2, 0) is 0 Å². The van der Waals surface area contributed by atoms with Crippen LogP contribution in [0.25, 0.3) is 27.6 Å². The van der Waals surface area contributed by atoms with Crippen molar-refractivity contribution in [3.63, 3.8) is 0 Å². The van der Waals surface area contributed by atoms with Crippen molar-refractivity contribution in [3.8, 4) is 11.1 Å². The third-order valence-corrected chi connectivity index (χ3v) is 6.89. The smallest absolute Gasteiger partial charge is 0.130 e. The lowest BCUT2D eigenvalue weighted by molar-refractivity contribution is 0.212. The molecule has 4 heterocycles. The van der Waals surface area contributed by atoms with E-state index in [4.69, 9.17) is 0 Å². The van der Waals surface area contributed by atoms with E-state index >= 15 is 0 Å². The SMILES string of the molecule is C=C(Nc1cc2cc(-c3cnn(C4CCN(C)CC4)c3)ccc2cn1)c1cnc(C)s1. The Morgan fingerprint density at radius 3 is 2.68 bits per heavy atom. The summed E-state index contributed by atoms with van der Waals surface area (Å²) in [5, 5.41) is 11.3. The topological polar surface area (TPSA) is 58.9 Å². The van der Waals surface area contributed by atoms with Crippen molar-refractivity contribution in [1.82, 2.24) is 24.6 Å². The molecular weight excluding hydrogens is 404 g/mol. The predicted octanol–water partition coefficient (Wildman–Crippen LogP) is 5.21. The Hall–Kier alpha value is -3.03. The predicted molar refractivity (Wildman–Crippen MR) is 128 cm³/mol. The van der Waals surface area contributed by atoms with Crippen LogP contribution in [0.2, 0.25) is 0 Å². The molecule has 0 saturated carbocycles. The van der Waals surface area contributed by atoms with Crippen LogP contribution in [0.1, 0.15) is 28.8 Å². The number of nitrogens with zero attached hydrogens (tertiary/aromatic N) is 5. The zero-order valence-corrected chi connectivity index (χ0v) is 18.7. The van der Waals surface area contributed by atoms with Gasteiger partial charge in [0.15, 0.2) is 0 Å². The lowest BCUT2D eigenvalue weighted by Crippen LogP contribution is -2.31. The molecule has 4 aromatic rings. The van der Waals surface area contributed by atoms with Crippen LogP contribution in [0.5, 0.6) is 0 Å². The van der Waals surface area contributed by atoms with E-state index in [2.05, 4.69) is 74.1 Å². The minimum atomic E-state index is 0.492. The third kappa shape index (κ3) is 4.24. The highest BCUT2D eigenvalue weighted by atomic mass is 32.1. The fourth-order valence-corrected chi connectivity index (χ4v) is 4.76. The number of aryl methyl sites for hydroxylation is 1. The van der Waals surface area contributed by atoms with Crippen molar-refractivity contribution in [1.29, 1.82) is 0 Å². The van der Waals surface area contributed by atoms with Gasteiger partial charge in [-0.05, 0) is 63.0 Å². The van der Waals surface area contributed by atoms with Gasteiger partial charge < -0.3 is 10.2 Å². The number of thiazole rings is 1. The lowest BCUT2D eigenvalue weighted by Gasteiger charge is -2.28. The zero-order valence-electron chi connectivity index (χ0n) is 17.9. The normalized spacial score (nSPS) is 15.4. The number of pyridine rings is 1. The molecule has 0 atom stereocenters. The molecule has 0 amide bonds. The molecule has 6 nitrogen and oxygen atoms in total. The van der Waals surface area contributed by atoms with Crippen LogP contribution in [0.4, 0.5) is 5.82 Å². The molecule has 1 fully saturated rings. The fraction of sp³-hybridized carbons (Fsp3) is 0.292. The number of nitrogens with one attached hydrogen (secondary N) is 1. The largest absolute Gasteiger partial charge is 0.340 e. The summed E-state index contributed by atoms with van der Waals surface area (Å²) in [6.07, 6.45) is 10.2. The summed E-state index contributed by atoms with van der Waals surface area (Å²) in [7, 11) is 2.19. The van der Waals surface area contributed by atoms with Gasteiger partial charge in [0.05, 0.1) is 27.8 Å². The van der Waals surface area contributed by atoms with Crippen molar-refractivity contribution in [2.24, 2.45) is 0 Å². The average molecular weight is 431 g/mol. The van der Waals surface area contributed by atoms with Crippen molar-refractivity contribution in [2.45, 2.75) is 25.8 Å². The Morgan fingerprint density at radius 1 is 1.06 bits per heavy atom. The summed E-state index contributed by atoms with van der Waals surface area (Å²) < 4.78 is 2.15. The Labute approximate surface area is 186 Å². The van der Waals surface area contributed by atoms with E-state index in [1.807, 2.05) is 25.5 Å². The second kappa shape index (κ2) is 8.24. The number of piperidine rings is 1. The van der Waals surface area contributed by atoms with E-state index in [0.717, 1.165) is 63.7 Å². The molecule has 0 unspecified atom stereocenters. The van der Waals surface area contributed by atoms with Gasteiger partial charge in [0.1, 0.15) is 5.82 Å². The van der Waals surface area contributed by atoms with E-state index in [0.29, 0.717) is 6.04 Å². The van der Waals surface area contributed by atoms with Crippen molar-refractivity contribution >= 4 is 33.6 Å². The molecular formula is C24H26N6S. The molecule has 1 aromatic carbocycles. The minimum absolute atomic E-state index is 0.492. The molecule has 0 bridgehead atoms. The molecule has 158 valence electrons. The molecule has 3 aromatic heterocycles. The van der Waals surface area contributed by atoms with Crippen molar-refractivity contribution in [3.05, 3.63) is 65.5 Å². The van der Waals surface area contributed by atoms with Crippen LogP contribution in [0, 0.1) is 6.92 Å². The summed E-state index contributed by atoms with van der Waals surface area (Å²) in [4.78, 5) is 12.3. The Bertz CT molecular complexity index is 1230. The van der Waals surface area contributed by atoms with Crippen LogP contribution in [0.3, 0.4) is 0 Å². The second-order valence-electron chi connectivity index (χ2n) is 8.22. The summed E-state index contributed by atoms with van der Waals surface area (Å²) in [6.45, 7) is 8.39. The maximum atomic E-state index is 4.67. The molecule has 7 heteroatoms. The van der Waals surface area contributed by atoms with Crippen LogP contribution < -0.4 is 5.32 Å². The Kier molecular flexibility index (Phi) is 5.29. The molecule has 5 rings (SSSR count). The Morgan fingerprint density at radius 2 is 1.90 bits per heavy atom. The highest BCUT2D eigenvalue weighted by Gasteiger charge is 2.19. The maximum Gasteiger partial charge on any atom is 0.130 e. The number of hydrogen-bond acceptors (Lipinski definition) is 6. The number of aromatic nitrogens is 4. The third-order valence-electron chi connectivity index (χ3n) is 5.92. The van der Waals surface area contributed by atoms with Gasteiger partial charge in [-0.3, -0.25) is 4.68 Å². The van der Waals surface area contributed by atoms with Crippen LogP contribution in [0.15, 0.2) is 55.6 Å². The molecule has 0 radical (unpaired) electrons. The molecule has 0 spiro atoms. The van der Waals surface area contributed by atoms with Gasteiger partial charge in [-0.25, -0.2) is 9.97 Å². The number of hydrogen-bond donors (Lipinski definition) is 1. The number of fused-ring (bicyclic) bond motifs is 1. The van der Waals surface area contributed by atoms with Gasteiger partial charge in [0.2, 0.25) is 0 Å². The molecule has 1 saturated heterocycles. The van der Waals surface area contributed by atoms with Gasteiger partial charge in [0.25, 0.3) is 0 Å². The first-order valence-electron chi connectivity index (χ1n) is 10.6. The fourth-order valence-electron chi connectivity index (χ4n) is 4.05. The highest BCUT2D eigenvalue weighted by Crippen LogP contribution is 2.29. The van der Waals surface area contributed by atoms with Gasteiger partial charge in [0, 0.05) is 29.5 Å². The second-order valence-corrected chi connectivity index (χ2v) is 9.46. The van der Waals surface area contributed by atoms with Gasteiger partial charge in [-0.1, -0.05) is 18.7 Å². The number of benzene rings is 1. The summed E-state index contributed by atoms with van der Waals surface area (Å²) in [5.74, 6) is 0.780. The average Bonchev–Trinajstić information content (AvgIpc) is 3.43. The number of anilines is 1. The summed E-state index contributed by atoms with van der Waals surface area (Å²) in [6, 6.07) is 9.03. The minimum Gasteiger partial charge on any atom is -0.340 e. The molecule has 1 aliphatic heterocycles. The number of likely N-dealkylation sites (tertiary alicyclic amines) is 1. The van der Waals surface area contributed by atoms with Crippen molar-refractivity contribution < 1.29 is 0 Å². The summed E-state index contributed by atoms with van der Waals surface area (Å²) in [5.41, 5.74) is 3.13. The van der Waals surface area contributed by atoms with Gasteiger partial charge in [-0.2, -0.15) is 5.10 Å². The van der Waals surface area contributed by atoms with Crippen LogP contribution in [-0.4, -0.2) is 44.8 Å². The van der Waals surface area contributed by atoms with Gasteiger partial charge >= 0.3 is 0 Å². The zero-order chi connectivity index (χ0) is 21.4. The monoisotopic (exact) mass is 430 g/mol. The summed E-state index contributed by atoms with van der Waals surface area (Å²) >= 11 is 1.62. The van der Waals surface area contributed by atoms with Crippen molar-refractivity contribution in [2.75, 3.05) is 25.5 Å². The molecule has 1 N–H and O–H groups in total. The van der Waals surface area contributed by atoms with E-state index in [1.54, 1.807) is 11.3 Å². The maximum absolute atomic E-state index is 4.67. The molecule has 31 heavy (non-hydrogen) atoms. The molecule has 0 aliphatic carbocycles. The van der Waals surface area contributed by atoms with Crippen LogP contribution >= 0.6 is 11.3 Å². The van der Waals surface area contributed by atoms with E-state index < -0.39 is 0 Å². The molecule has 1 aliphatic rings. The Balaban J connectivity index is 1.37. The standard InChI is InChI=1S/C24H26N6S/c1-16(23-14-25-17(2)31-23)28-24-11-20-10-18(4-5-19(20)12-26-24)21-13-27-30(15-21)22-6-8-29(3)9-7-22/h4-5,10-15,22H,1,6-9H2,2-3H3,(H,26,28). The first-order chi connectivity index (χ1) is 15.0. The first-order valence-corrected chi connectivity index (χ1v) is 11.4. The number of rotatable bonds is 5.